The van der Waals surface area contributed by atoms with Crippen LogP contribution < -0.4 is 0 Å². The Morgan fingerprint density at radius 2 is 1.13 bits per heavy atom. The Balaban J connectivity index is 4.00. The fraction of sp³-hybridized carbons (Fsp3) is 0.889. The van der Waals surface area contributed by atoms with E-state index in [1.165, 1.54) is 0 Å². The monoisotopic (exact) mass is 348 g/mol. The van der Waals surface area contributed by atoms with Gasteiger partial charge < -0.3 is 0 Å². The number of rotatable bonds is 14. The first-order valence-corrected chi connectivity index (χ1v) is 12.2. The van der Waals surface area contributed by atoms with Crippen molar-refractivity contribution in [3.63, 3.8) is 0 Å². The van der Waals surface area contributed by atoms with Gasteiger partial charge in [-0.25, -0.2) is 0 Å². The predicted molar refractivity (Wildman–Crippen MR) is 99.7 cm³/mol. The zero-order valence-electron chi connectivity index (χ0n) is 15.6. The van der Waals surface area contributed by atoms with Crippen LogP contribution in [-0.4, -0.2) is 41.7 Å². The molecule has 23 heavy (non-hydrogen) atoms. The zero-order chi connectivity index (χ0) is 17.8. The van der Waals surface area contributed by atoms with Crippen LogP contribution in [0, 0.1) is 0 Å². The number of hydrogen-bond acceptors (Lipinski definition) is 3. The molecule has 1 N–H and O–H groups in total. The van der Waals surface area contributed by atoms with Gasteiger partial charge in [0.2, 0.25) is 0 Å². The molecule has 0 aromatic carbocycles. The molecule has 0 aromatic heterocycles. The first-order valence-electron chi connectivity index (χ1n) is 9.32. The van der Waals surface area contributed by atoms with Crippen molar-refractivity contribution in [2.24, 2.45) is 0 Å². The van der Waals surface area contributed by atoms with Gasteiger partial charge in [-0.3, -0.25) is 0 Å². The van der Waals surface area contributed by atoms with Crippen LogP contribution in [0.15, 0.2) is 0 Å². The Labute approximate surface area is 142 Å². The van der Waals surface area contributed by atoms with E-state index in [9.17, 15) is 9.59 Å². The van der Waals surface area contributed by atoms with Crippen molar-refractivity contribution in [3.8, 4) is 0 Å². The van der Waals surface area contributed by atoms with E-state index in [2.05, 4.69) is 27.7 Å². The maximum atomic E-state index is 12.3. The summed E-state index contributed by atoms with van der Waals surface area (Å²) in [6.07, 6.45) is 10.5. The van der Waals surface area contributed by atoms with Crippen LogP contribution in [-0.2, 0) is 14.1 Å². The van der Waals surface area contributed by atoms with Gasteiger partial charge in [0.25, 0.3) is 0 Å². The van der Waals surface area contributed by atoms with Gasteiger partial charge in [0.05, 0.1) is 0 Å². The van der Waals surface area contributed by atoms with Crippen LogP contribution in [0.2, 0.25) is 0 Å². The molecule has 0 aromatic rings. The Morgan fingerprint density at radius 3 is 1.52 bits per heavy atom. The molecule has 0 amide bonds. The Kier molecular flexibility index (Phi) is 10.7. The first-order chi connectivity index (χ1) is 10.9. The van der Waals surface area contributed by atoms with Crippen LogP contribution in [0.25, 0.3) is 0 Å². The van der Waals surface area contributed by atoms with Gasteiger partial charge in [-0.1, -0.05) is 0 Å². The number of unbranched alkanes of at least 4 members (excludes halogenated alkanes) is 5. The fourth-order valence-corrected chi connectivity index (χ4v) is 7.05. The van der Waals surface area contributed by atoms with Gasteiger partial charge in [0, 0.05) is 0 Å². The van der Waals surface area contributed by atoms with Gasteiger partial charge in [-0.05, 0) is 0 Å². The zero-order valence-corrected chi connectivity index (χ0v) is 16.5. The number of hydrogen-bond donors (Lipinski definition) is 1. The average molecular weight is 348 g/mol. The van der Waals surface area contributed by atoms with Crippen LogP contribution in [0.4, 0.5) is 0 Å². The number of carboxylic acid groups (broad SMARTS) is 1. The van der Waals surface area contributed by atoms with Crippen LogP contribution >= 0.6 is 6.83 Å². The number of carboxylic acids is 1. The normalized spacial score (nSPS) is 13.3. The molecule has 0 aliphatic heterocycles. The first kappa shape index (κ1) is 22.4. The van der Waals surface area contributed by atoms with E-state index in [1.807, 2.05) is 0 Å². The van der Waals surface area contributed by atoms with E-state index < -0.39 is 12.8 Å². The molecule has 0 unspecified atom stereocenters. The van der Waals surface area contributed by atoms with Gasteiger partial charge in [0.1, 0.15) is 0 Å². The standard InChI is InChI=1S/C18H37O4P/c1-5-23(6-2,7-3,8-4)22-18(21)16-14-12-10-9-11-13-15-17(19)20/h5-16H2,1-4H3,(H,19,20). The van der Waals surface area contributed by atoms with Crippen LogP contribution in [0.3, 0.4) is 0 Å². The van der Waals surface area contributed by atoms with Crippen molar-refractivity contribution >= 4 is 18.8 Å². The molecule has 0 atom stereocenters. The molecule has 138 valence electrons. The van der Waals surface area contributed by atoms with E-state index >= 15 is 0 Å². The second kappa shape index (κ2) is 11.0. The molecule has 0 rings (SSSR count). The van der Waals surface area contributed by atoms with Crippen molar-refractivity contribution in [2.45, 2.75) is 79.1 Å². The van der Waals surface area contributed by atoms with Gasteiger partial charge in [-0.2, -0.15) is 0 Å². The van der Waals surface area contributed by atoms with Crippen LogP contribution in [0.1, 0.15) is 79.1 Å². The Hall–Kier alpha value is -0.630. The SMILES string of the molecule is CCP(CC)(CC)(CC)OC(=O)CCCCCCCCC(=O)O. The van der Waals surface area contributed by atoms with Crippen molar-refractivity contribution in [1.82, 2.24) is 0 Å². The fourth-order valence-electron chi connectivity index (χ4n) is 3.19. The van der Waals surface area contributed by atoms with Gasteiger partial charge >= 0.3 is 142 Å². The number of carbonyl (C=O) groups is 2. The van der Waals surface area contributed by atoms with Crippen LogP contribution in [0.5, 0.6) is 0 Å². The number of aliphatic carboxylic acids is 1. The number of carbonyl (C=O) groups excluding carboxylic acids is 1. The summed E-state index contributed by atoms with van der Waals surface area (Å²) in [4.78, 5) is 22.7. The molecule has 0 spiro atoms. The molecule has 0 saturated carbocycles. The van der Waals surface area contributed by atoms with Crippen molar-refractivity contribution in [1.29, 1.82) is 0 Å². The van der Waals surface area contributed by atoms with Gasteiger partial charge in [0.15, 0.2) is 0 Å². The van der Waals surface area contributed by atoms with Crippen molar-refractivity contribution in [2.75, 3.05) is 24.6 Å². The summed E-state index contributed by atoms with van der Waals surface area (Å²) in [7, 11) is 0. The second-order valence-corrected chi connectivity index (χ2v) is 13.0. The Bertz CT molecular complexity index is 341. The molecular formula is C18H37O4P. The van der Waals surface area contributed by atoms with E-state index in [-0.39, 0.29) is 12.4 Å². The van der Waals surface area contributed by atoms with E-state index in [4.69, 9.17) is 9.63 Å². The summed E-state index contributed by atoms with van der Waals surface area (Å²) < 4.78 is 6.12. The predicted octanol–water partition coefficient (Wildman–Crippen LogP) is 5.28. The second-order valence-electron chi connectivity index (χ2n) is 6.60. The topological polar surface area (TPSA) is 63.6 Å². The summed E-state index contributed by atoms with van der Waals surface area (Å²) >= 11 is 0. The molecule has 0 bridgehead atoms. The molecule has 0 aliphatic rings. The minimum absolute atomic E-state index is 0.0130. The third kappa shape index (κ3) is 7.65. The molecule has 0 aliphatic carbocycles. The molecular weight excluding hydrogens is 311 g/mol. The quantitative estimate of drug-likeness (QED) is 0.342. The van der Waals surface area contributed by atoms with Crippen molar-refractivity contribution in [3.05, 3.63) is 0 Å². The van der Waals surface area contributed by atoms with E-state index in [1.54, 1.807) is 0 Å². The molecule has 4 nitrogen and oxygen atoms in total. The Morgan fingerprint density at radius 1 is 0.739 bits per heavy atom. The van der Waals surface area contributed by atoms with Crippen molar-refractivity contribution < 1.29 is 19.2 Å². The van der Waals surface area contributed by atoms with E-state index in [0.717, 1.165) is 63.2 Å². The summed E-state index contributed by atoms with van der Waals surface area (Å²) in [5, 5.41) is 8.56. The third-order valence-electron chi connectivity index (χ3n) is 5.58. The van der Waals surface area contributed by atoms with E-state index in [0.29, 0.717) is 6.42 Å². The molecule has 0 heterocycles. The minimum atomic E-state index is -2.28. The molecule has 0 saturated heterocycles. The molecule has 0 radical (unpaired) electrons. The maximum absolute atomic E-state index is 12.3. The average Bonchev–Trinajstić information content (AvgIpc) is 2.55. The third-order valence-corrected chi connectivity index (χ3v) is 12.7. The summed E-state index contributed by atoms with van der Waals surface area (Å²) in [5.41, 5.74) is 0. The summed E-state index contributed by atoms with van der Waals surface area (Å²) in [6.45, 7) is 6.38. The summed E-state index contributed by atoms with van der Waals surface area (Å²) in [6, 6.07) is 0. The summed E-state index contributed by atoms with van der Waals surface area (Å²) in [5.74, 6) is -0.728. The molecule has 0 fully saturated rings. The molecule has 5 heteroatoms. The van der Waals surface area contributed by atoms with Gasteiger partial charge in [-0.15, -0.1) is 0 Å².